The number of nitrogens with zero attached hydrogens (tertiary/aromatic N) is 3. The highest BCUT2D eigenvalue weighted by Gasteiger charge is 2.43. The summed E-state index contributed by atoms with van der Waals surface area (Å²) in [5.41, 5.74) is 1.74. The molecule has 1 aromatic carbocycles. The van der Waals surface area contributed by atoms with Crippen molar-refractivity contribution in [1.29, 1.82) is 0 Å². The molecule has 2 heterocycles. The summed E-state index contributed by atoms with van der Waals surface area (Å²) in [6.07, 6.45) is 8.16. The molecule has 1 atom stereocenters. The smallest absolute Gasteiger partial charge is 0.407 e. The van der Waals surface area contributed by atoms with Crippen molar-refractivity contribution in [3.8, 4) is 0 Å². The van der Waals surface area contributed by atoms with Gasteiger partial charge in [-0.2, -0.15) is 4.57 Å². The number of aromatic nitrogens is 3. The summed E-state index contributed by atoms with van der Waals surface area (Å²) < 4.78 is 17.3. The van der Waals surface area contributed by atoms with E-state index in [9.17, 15) is 14.4 Å². The van der Waals surface area contributed by atoms with E-state index in [1.165, 1.54) is 0 Å². The normalized spacial score (nSPS) is 18.5. The molecule has 0 aliphatic heterocycles. The molecule has 1 N–H and O–H groups in total. The fourth-order valence-electron chi connectivity index (χ4n) is 6.28. The molecule has 0 spiro atoms. The second kappa shape index (κ2) is 10.7. The number of esters is 1. The number of carbonyl (C=O) groups is 3. The third-order valence-corrected chi connectivity index (χ3v) is 8.55. The fraction of sp³-hybridized carbons (Fsp3) is 0.548. The molecule has 9 heteroatoms. The molecule has 0 saturated heterocycles. The first-order valence-electron chi connectivity index (χ1n) is 14.3. The van der Waals surface area contributed by atoms with E-state index < -0.39 is 17.1 Å². The van der Waals surface area contributed by atoms with Gasteiger partial charge in [0.2, 0.25) is 6.73 Å². The first kappa shape index (κ1) is 27.9. The van der Waals surface area contributed by atoms with E-state index in [1.807, 2.05) is 69.9 Å². The highest BCUT2D eigenvalue weighted by molar-refractivity contribution is 6.11. The summed E-state index contributed by atoms with van der Waals surface area (Å²) in [7, 11) is 2.04. The molecule has 3 aromatic rings. The lowest BCUT2D eigenvalue weighted by molar-refractivity contribution is -0.732. The topological polar surface area (TPSA) is 95.4 Å². The molecule has 1 saturated carbocycles. The minimum atomic E-state index is -0.737. The number of Topliss-reactive ketones (excluding diaryl/α,β-unsaturated/α-hetero) is 1. The lowest BCUT2D eigenvalue weighted by Crippen LogP contribution is -2.46. The van der Waals surface area contributed by atoms with Gasteiger partial charge in [0.15, 0.2) is 5.78 Å². The maximum Gasteiger partial charge on any atom is 0.407 e. The molecule has 40 heavy (non-hydrogen) atoms. The number of ether oxygens (including phenoxy) is 2. The van der Waals surface area contributed by atoms with E-state index in [4.69, 9.17) is 9.47 Å². The maximum absolute atomic E-state index is 13.6. The van der Waals surface area contributed by atoms with Crippen molar-refractivity contribution in [3.05, 3.63) is 53.7 Å². The first-order valence-corrected chi connectivity index (χ1v) is 14.3. The molecule has 9 nitrogen and oxygen atoms in total. The van der Waals surface area contributed by atoms with Crippen LogP contribution in [-0.4, -0.2) is 39.1 Å². The van der Waals surface area contributed by atoms with Gasteiger partial charge < -0.3 is 19.4 Å². The molecule has 2 aromatic heterocycles. The number of ketones is 1. The minimum Gasteiger partial charge on any atom is -0.444 e. The van der Waals surface area contributed by atoms with E-state index in [0.29, 0.717) is 19.4 Å². The van der Waals surface area contributed by atoms with E-state index in [0.717, 1.165) is 53.7 Å². The minimum absolute atomic E-state index is 0.0813. The van der Waals surface area contributed by atoms with Crippen LogP contribution in [0.5, 0.6) is 0 Å². The zero-order valence-electron chi connectivity index (χ0n) is 24.3. The fourth-order valence-corrected chi connectivity index (χ4v) is 6.28. The first-order chi connectivity index (χ1) is 19.0. The molecule has 0 bridgehead atoms. The number of benzene rings is 1. The Bertz CT molecular complexity index is 1440. The lowest BCUT2D eigenvalue weighted by atomic mass is 9.85. The van der Waals surface area contributed by atoms with Crippen molar-refractivity contribution in [2.75, 3.05) is 6.54 Å². The Morgan fingerprint density at radius 2 is 1.90 bits per heavy atom. The van der Waals surface area contributed by atoms with Gasteiger partial charge >= 0.3 is 12.1 Å². The van der Waals surface area contributed by atoms with Crippen molar-refractivity contribution < 1.29 is 28.4 Å². The van der Waals surface area contributed by atoms with Crippen molar-refractivity contribution in [1.82, 2.24) is 14.5 Å². The zero-order valence-corrected chi connectivity index (χ0v) is 24.3. The summed E-state index contributed by atoms with van der Waals surface area (Å²) in [6, 6.07) is 8.11. The van der Waals surface area contributed by atoms with E-state index in [1.54, 1.807) is 0 Å². The van der Waals surface area contributed by atoms with Crippen molar-refractivity contribution >= 4 is 28.7 Å². The van der Waals surface area contributed by atoms with Gasteiger partial charge in [-0.15, -0.1) is 0 Å². The molecular formula is C31H41N4O5+. The van der Waals surface area contributed by atoms with Crippen molar-refractivity contribution in [2.45, 2.75) is 85.1 Å². The summed E-state index contributed by atoms with van der Waals surface area (Å²) in [4.78, 5) is 39.1. The van der Waals surface area contributed by atoms with Gasteiger partial charge in [0.25, 0.3) is 5.82 Å². The lowest BCUT2D eigenvalue weighted by Gasteiger charge is -2.27. The Kier molecular flexibility index (Phi) is 7.50. The van der Waals surface area contributed by atoms with Gasteiger partial charge in [0, 0.05) is 42.7 Å². The van der Waals surface area contributed by atoms with Crippen molar-refractivity contribution in [2.24, 2.45) is 18.4 Å². The number of imidazole rings is 1. The van der Waals surface area contributed by atoms with E-state index >= 15 is 0 Å². The number of hydrogen-bond acceptors (Lipinski definition) is 5. The van der Waals surface area contributed by atoms with Gasteiger partial charge in [0.05, 0.1) is 11.3 Å². The number of aryl methyl sites for hydroxylation is 1. The predicted octanol–water partition coefficient (Wildman–Crippen LogP) is 4.61. The number of fused-ring (bicyclic) bond motifs is 3. The van der Waals surface area contributed by atoms with Crippen LogP contribution in [0.25, 0.3) is 10.9 Å². The van der Waals surface area contributed by atoms with Gasteiger partial charge in [-0.05, 0) is 52.5 Å². The standard InChI is InChI=1S/C31H40N4O5/c1-21-34(18-22-12-13-25-26(27(22)36)23-10-6-7-11-24(23)33(25)5)16-17-35(21)20-39-28(37)31(14-8-9-15-31)19-32-29(38)40-30(2,3)4/h6-7,10-11,16-17,22H,8-9,12-15,18-20H2,1-5H3/p+1. The van der Waals surface area contributed by atoms with Crippen LogP contribution in [0.15, 0.2) is 36.7 Å². The Hall–Kier alpha value is -3.62. The van der Waals surface area contributed by atoms with E-state index in [2.05, 4.69) is 20.5 Å². The highest BCUT2D eigenvalue weighted by Crippen LogP contribution is 2.39. The Morgan fingerprint density at radius 3 is 2.62 bits per heavy atom. The summed E-state index contributed by atoms with van der Waals surface area (Å²) in [5.74, 6) is 0.703. The van der Waals surface area contributed by atoms with E-state index in [-0.39, 0.29) is 30.9 Å². The number of amides is 1. The largest absolute Gasteiger partial charge is 0.444 e. The van der Waals surface area contributed by atoms with Crippen LogP contribution in [0.2, 0.25) is 0 Å². The second-order valence-corrected chi connectivity index (χ2v) is 12.4. The highest BCUT2D eigenvalue weighted by atomic mass is 16.6. The number of hydrogen-bond donors (Lipinski definition) is 1. The number of carbonyl (C=O) groups excluding carboxylic acids is 3. The third-order valence-electron chi connectivity index (χ3n) is 8.55. The molecule has 1 unspecified atom stereocenters. The van der Waals surface area contributed by atoms with Crippen LogP contribution < -0.4 is 9.88 Å². The molecular weight excluding hydrogens is 508 g/mol. The van der Waals surface area contributed by atoms with Crippen LogP contribution in [0.4, 0.5) is 4.79 Å². The number of para-hydroxylation sites is 1. The van der Waals surface area contributed by atoms with Gasteiger partial charge in [-0.1, -0.05) is 31.0 Å². The summed E-state index contributed by atoms with van der Waals surface area (Å²) >= 11 is 0. The van der Waals surface area contributed by atoms with Crippen LogP contribution in [0.1, 0.15) is 74.8 Å². The Morgan fingerprint density at radius 1 is 1.18 bits per heavy atom. The van der Waals surface area contributed by atoms with Gasteiger partial charge in [-0.25, -0.2) is 9.36 Å². The van der Waals surface area contributed by atoms with Crippen LogP contribution >= 0.6 is 0 Å². The molecule has 2 aliphatic carbocycles. The molecule has 214 valence electrons. The molecule has 2 aliphatic rings. The monoisotopic (exact) mass is 549 g/mol. The molecule has 0 radical (unpaired) electrons. The second-order valence-electron chi connectivity index (χ2n) is 12.4. The van der Waals surface area contributed by atoms with Crippen LogP contribution in [0, 0.1) is 18.3 Å². The van der Waals surface area contributed by atoms with Crippen LogP contribution in [-0.2, 0) is 41.0 Å². The zero-order chi connectivity index (χ0) is 28.7. The number of rotatable bonds is 7. The maximum atomic E-state index is 13.6. The van der Waals surface area contributed by atoms with Crippen LogP contribution in [0.3, 0.4) is 0 Å². The quantitative estimate of drug-likeness (QED) is 0.343. The summed E-state index contributed by atoms with van der Waals surface area (Å²) in [6.45, 7) is 8.26. The van der Waals surface area contributed by atoms with Crippen molar-refractivity contribution in [3.63, 3.8) is 0 Å². The number of nitrogens with one attached hydrogen (secondary N) is 1. The van der Waals surface area contributed by atoms with Gasteiger partial charge in [-0.3, -0.25) is 9.59 Å². The SMILES string of the molecule is Cc1n(CC2CCc3c(c4ccccc4n3C)C2=O)cc[n+]1COC(=O)C1(CNC(=O)OC(C)(C)C)CCCC1. The number of alkyl carbamates (subject to hydrolysis) is 1. The Labute approximate surface area is 235 Å². The molecule has 1 fully saturated rings. The molecule has 1 amide bonds. The van der Waals surface area contributed by atoms with Gasteiger partial charge in [0.1, 0.15) is 24.5 Å². The summed E-state index contributed by atoms with van der Waals surface area (Å²) in [5, 5.41) is 3.81. The predicted molar refractivity (Wildman–Crippen MR) is 150 cm³/mol. The average molecular weight is 550 g/mol. The average Bonchev–Trinajstić information content (AvgIpc) is 3.60. The Balaban J connectivity index is 1.22. The third kappa shape index (κ3) is 5.38. The molecule has 5 rings (SSSR count).